The van der Waals surface area contributed by atoms with Crippen LogP contribution in [0.1, 0.15) is 206 Å². The Morgan fingerprint density at radius 2 is 0.864 bits per heavy atom. The maximum absolute atomic E-state index is 13.0. The van der Waals surface area contributed by atoms with Crippen LogP contribution in [0.25, 0.3) is 0 Å². The number of hydrogen-bond donors (Lipinski definition) is 7. The maximum Gasteiger partial charge on any atom is 0.306 e. The zero-order valence-corrected chi connectivity index (χ0v) is 40.9. The molecule has 0 aromatic carbocycles. The van der Waals surface area contributed by atoms with Crippen molar-refractivity contribution >= 4 is 11.9 Å². The minimum atomic E-state index is -1.76. The number of carbonyl (C=O) groups excluding carboxylic acids is 2. The highest BCUT2D eigenvalue weighted by molar-refractivity contribution is 5.70. The Bertz CT molecular complexity index is 1210. The summed E-state index contributed by atoms with van der Waals surface area (Å²) in [5.74, 6) is -0.920. The Labute approximate surface area is 397 Å². The predicted octanol–water partition coefficient (Wildman–Crippen LogP) is 7.38. The second-order valence-electron chi connectivity index (χ2n) is 18.7. The Balaban J connectivity index is 1.79. The van der Waals surface area contributed by atoms with E-state index >= 15 is 0 Å². The van der Waals surface area contributed by atoms with Gasteiger partial charge in [-0.05, 0) is 38.5 Å². The van der Waals surface area contributed by atoms with E-state index in [0.29, 0.717) is 12.8 Å². The monoisotopic (exact) mass is 947 g/mol. The first-order chi connectivity index (χ1) is 32.0. The molecule has 7 N–H and O–H groups in total. The zero-order valence-electron chi connectivity index (χ0n) is 40.9. The molecule has 0 saturated carbocycles. The fraction of sp³-hybridized carbons (Fsp3) is 0.922. The highest BCUT2D eigenvalue weighted by Gasteiger charge is 2.47. The molecule has 2 saturated heterocycles. The highest BCUT2D eigenvalue weighted by atomic mass is 16.7. The fourth-order valence-electron chi connectivity index (χ4n) is 8.39. The van der Waals surface area contributed by atoms with E-state index in [1.54, 1.807) is 0 Å². The van der Waals surface area contributed by atoms with Gasteiger partial charge in [-0.25, -0.2) is 0 Å². The molecule has 66 heavy (non-hydrogen) atoms. The summed E-state index contributed by atoms with van der Waals surface area (Å²) in [4.78, 5) is 25.7. The van der Waals surface area contributed by atoms with Gasteiger partial charge in [0, 0.05) is 12.8 Å². The first kappa shape index (κ1) is 60.4. The second kappa shape index (κ2) is 39.0. The smallest absolute Gasteiger partial charge is 0.306 e. The van der Waals surface area contributed by atoms with Crippen molar-refractivity contribution in [1.29, 1.82) is 0 Å². The summed E-state index contributed by atoms with van der Waals surface area (Å²) in [6, 6.07) is 0. The Morgan fingerprint density at radius 1 is 0.470 bits per heavy atom. The van der Waals surface area contributed by atoms with E-state index in [1.807, 2.05) is 0 Å². The van der Waals surface area contributed by atoms with Gasteiger partial charge in [0.15, 0.2) is 18.7 Å². The molecule has 0 amide bonds. The molecule has 0 aliphatic carbocycles. The van der Waals surface area contributed by atoms with E-state index in [4.69, 9.17) is 28.4 Å². The molecule has 15 nitrogen and oxygen atoms in total. The van der Waals surface area contributed by atoms with E-state index in [9.17, 15) is 45.3 Å². The number of ether oxygens (including phenoxy) is 6. The third-order valence-corrected chi connectivity index (χ3v) is 12.7. The van der Waals surface area contributed by atoms with Gasteiger partial charge in [0.25, 0.3) is 0 Å². The lowest BCUT2D eigenvalue weighted by Gasteiger charge is -2.42. The van der Waals surface area contributed by atoms with Crippen LogP contribution in [-0.2, 0) is 38.0 Å². The zero-order chi connectivity index (χ0) is 48.2. The van der Waals surface area contributed by atoms with E-state index in [0.717, 1.165) is 44.9 Å². The minimum absolute atomic E-state index is 0.170. The van der Waals surface area contributed by atoms with E-state index in [-0.39, 0.29) is 26.1 Å². The van der Waals surface area contributed by atoms with Crippen molar-refractivity contribution in [2.24, 2.45) is 0 Å². The van der Waals surface area contributed by atoms with Gasteiger partial charge in [0.1, 0.15) is 55.4 Å². The predicted molar refractivity (Wildman–Crippen MR) is 252 cm³/mol. The molecule has 2 rings (SSSR count). The van der Waals surface area contributed by atoms with Crippen LogP contribution in [0.5, 0.6) is 0 Å². The first-order valence-corrected chi connectivity index (χ1v) is 26.3. The molecule has 0 aromatic heterocycles. The molecule has 2 aliphatic rings. The number of allylic oxidation sites excluding steroid dienone is 2. The Hall–Kier alpha value is -1.76. The van der Waals surface area contributed by atoms with Gasteiger partial charge in [0.2, 0.25) is 0 Å². The maximum atomic E-state index is 13.0. The normalized spacial score (nSPS) is 26.2. The van der Waals surface area contributed by atoms with Gasteiger partial charge in [-0.2, -0.15) is 0 Å². The molecular weight excluding hydrogens is 853 g/mol. The van der Waals surface area contributed by atoms with E-state index in [2.05, 4.69) is 26.0 Å². The number of unbranched alkanes of at least 4 members (excludes halogenated alkanes) is 25. The first-order valence-electron chi connectivity index (χ1n) is 26.3. The summed E-state index contributed by atoms with van der Waals surface area (Å²) in [5.41, 5.74) is 0. The molecule has 2 fully saturated rings. The molecule has 15 heteroatoms. The Morgan fingerprint density at radius 3 is 1.33 bits per heavy atom. The number of hydrogen-bond acceptors (Lipinski definition) is 15. The molecule has 0 bridgehead atoms. The summed E-state index contributed by atoms with van der Waals surface area (Å²) in [5, 5.41) is 72.1. The summed E-state index contributed by atoms with van der Waals surface area (Å²) in [7, 11) is 0. The van der Waals surface area contributed by atoms with Crippen molar-refractivity contribution in [3.63, 3.8) is 0 Å². The molecule has 11 atom stereocenters. The van der Waals surface area contributed by atoms with Gasteiger partial charge < -0.3 is 64.2 Å². The van der Waals surface area contributed by atoms with Crippen molar-refractivity contribution in [2.45, 2.75) is 274 Å². The quantitative estimate of drug-likeness (QED) is 0.0180. The molecule has 0 spiro atoms. The van der Waals surface area contributed by atoms with E-state index < -0.39 is 92.7 Å². The number of rotatable bonds is 41. The van der Waals surface area contributed by atoms with Crippen LogP contribution in [0.3, 0.4) is 0 Å². The van der Waals surface area contributed by atoms with Gasteiger partial charge in [-0.1, -0.05) is 167 Å². The number of esters is 2. The Kier molecular flexibility index (Phi) is 35.7. The molecule has 0 radical (unpaired) electrons. The molecule has 0 aromatic rings. The van der Waals surface area contributed by atoms with E-state index in [1.165, 1.54) is 122 Å². The van der Waals surface area contributed by atoms with Gasteiger partial charge in [-0.3, -0.25) is 9.59 Å². The lowest BCUT2D eigenvalue weighted by atomic mass is 9.98. The van der Waals surface area contributed by atoms with Crippen LogP contribution in [0.4, 0.5) is 0 Å². The van der Waals surface area contributed by atoms with Crippen LogP contribution < -0.4 is 0 Å². The van der Waals surface area contributed by atoms with Crippen LogP contribution in [0.15, 0.2) is 12.2 Å². The molecule has 388 valence electrons. The lowest BCUT2D eigenvalue weighted by Crippen LogP contribution is -2.61. The second-order valence-corrected chi connectivity index (χ2v) is 18.7. The third-order valence-electron chi connectivity index (χ3n) is 12.7. The molecule has 0 unspecified atom stereocenters. The largest absolute Gasteiger partial charge is 0.462 e. The molecule has 2 aliphatic heterocycles. The standard InChI is InChI=1S/C51H94O15/c1-3-5-7-9-11-13-15-17-18-19-20-22-23-25-27-29-31-33-42(53)61-36-39(64-43(54)34-32-30-28-26-24-21-16-14-12-10-8-6-4-2)37-62-50-49(60)47(58)45(56)41(66-50)38-63-51-48(59)46(57)44(55)40(35-52)65-51/h17-18,39-41,44-52,55-60H,3-16,19-38H2,1-2H3/b18-17+/t39-,40-,41-,44+,45+,46+,47+,48-,49-,50-,51+/m1/s1. The van der Waals surface area contributed by atoms with Gasteiger partial charge in [-0.15, -0.1) is 0 Å². The summed E-state index contributed by atoms with van der Waals surface area (Å²) >= 11 is 0. The van der Waals surface area contributed by atoms with Crippen LogP contribution >= 0.6 is 0 Å². The highest BCUT2D eigenvalue weighted by Crippen LogP contribution is 2.26. The van der Waals surface area contributed by atoms with Crippen molar-refractivity contribution in [3.05, 3.63) is 12.2 Å². The van der Waals surface area contributed by atoms with Crippen molar-refractivity contribution < 1.29 is 73.8 Å². The third kappa shape index (κ3) is 26.8. The summed E-state index contributed by atoms with van der Waals surface area (Å²) in [6.07, 6.45) is 20.9. The topological polar surface area (TPSA) is 231 Å². The minimum Gasteiger partial charge on any atom is -0.462 e. The fourth-order valence-corrected chi connectivity index (χ4v) is 8.39. The van der Waals surface area contributed by atoms with Crippen molar-refractivity contribution in [3.8, 4) is 0 Å². The number of aliphatic hydroxyl groups is 7. The summed E-state index contributed by atoms with van der Waals surface area (Å²) < 4.78 is 33.6. The van der Waals surface area contributed by atoms with Crippen molar-refractivity contribution in [2.75, 3.05) is 26.4 Å². The lowest BCUT2D eigenvalue weighted by molar-refractivity contribution is -0.332. The molecule has 2 heterocycles. The molecular formula is C51H94O15. The van der Waals surface area contributed by atoms with Crippen LogP contribution in [0, 0.1) is 0 Å². The number of carbonyl (C=O) groups is 2. The summed E-state index contributed by atoms with van der Waals surface area (Å²) in [6.45, 7) is 2.60. The van der Waals surface area contributed by atoms with Crippen LogP contribution in [-0.4, -0.2) is 142 Å². The number of aliphatic hydroxyl groups excluding tert-OH is 7. The van der Waals surface area contributed by atoms with Crippen molar-refractivity contribution in [1.82, 2.24) is 0 Å². The average Bonchev–Trinajstić information content (AvgIpc) is 3.31. The van der Waals surface area contributed by atoms with Crippen LogP contribution in [0.2, 0.25) is 0 Å². The van der Waals surface area contributed by atoms with Gasteiger partial charge >= 0.3 is 11.9 Å². The SMILES string of the molecule is CCCCCCCC/C=C/CCCCCCCCCC(=O)OC[C@H](CO[C@@H]1O[C@H](CO[C@H]2O[C@H](CO)[C@H](O)[C@H](O)[C@H]2O)[C@H](O)[C@H](O)[C@H]1O)OC(=O)CCCCCCCCCCCCCCC. The van der Waals surface area contributed by atoms with Gasteiger partial charge in [0.05, 0.1) is 19.8 Å². The average molecular weight is 947 g/mol.